The summed E-state index contributed by atoms with van der Waals surface area (Å²) in [5.41, 5.74) is -3.29. The van der Waals surface area contributed by atoms with Crippen LogP contribution in [0, 0.1) is 0 Å². The van der Waals surface area contributed by atoms with Crippen LogP contribution in [0.1, 0.15) is 23.4 Å². The van der Waals surface area contributed by atoms with Crippen molar-refractivity contribution in [3.63, 3.8) is 0 Å². The van der Waals surface area contributed by atoms with Gasteiger partial charge in [0.15, 0.2) is 0 Å². The summed E-state index contributed by atoms with van der Waals surface area (Å²) < 4.78 is 67.5. The number of methoxy groups -OCH3 is 1. The van der Waals surface area contributed by atoms with Gasteiger partial charge in [-0.15, -0.1) is 0 Å². The Labute approximate surface area is 103 Å². The van der Waals surface area contributed by atoms with Crippen molar-refractivity contribution in [1.29, 1.82) is 0 Å². The Morgan fingerprint density at radius 3 is 2.42 bits per heavy atom. The van der Waals surface area contributed by atoms with Crippen LogP contribution in [-0.4, -0.2) is 23.2 Å². The lowest BCUT2D eigenvalue weighted by molar-refractivity contribution is -0.142. The van der Waals surface area contributed by atoms with Crippen molar-refractivity contribution in [2.75, 3.05) is 7.11 Å². The molecule has 0 atom stereocenters. The first kappa shape index (κ1) is 15.1. The zero-order valence-corrected chi connectivity index (χ0v) is 9.46. The molecule has 19 heavy (non-hydrogen) atoms. The van der Waals surface area contributed by atoms with Crippen LogP contribution in [0.4, 0.5) is 22.0 Å². The van der Waals surface area contributed by atoms with Crippen molar-refractivity contribution in [1.82, 2.24) is 4.98 Å². The Kier molecular flexibility index (Phi) is 4.28. The highest BCUT2D eigenvalue weighted by Gasteiger charge is 2.36. The third kappa shape index (κ3) is 3.52. The molecule has 0 saturated heterocycles. The van der Waals surface area contributed by atoms with Gasteiger partial charge in [-0.3, -0.25) is 4.79 Å². The molecule has 0 fully saturated rings. The molecule has 1 heterocycles. The van der Waals surface area contributed by atoms with Gasteiger partial charge in [0.1, 0.15) is 11.4 Å². The van der Waals surface area contributed by atoms with Crippen LogP contribution in [0.3, 0.4) is 0 Å². The highest BCUT2D eigenvalue weighted by Crippen LogP contribution is 2.37. The zero-order chi connectivity index (χ0) is 14.8. The number of aliphatic carboxylic acids is 1. The monoisotopic (exact) mass is 285 g/mol. The molecule has 0 amide bonds. The van der Waals surface area contributed by atoms with Crippen LogP contribution in [-0.2, 0) is 17.4 Å². The predicted molar refractivity (Wildman–Crippen MR) is 52.1 cm³/mol. The van der Waals surface area contributed by atoms with E-state index in [1.165, 1.54) is 0 Å². The van der Waals surface area contributed by atoms with Crippen LogP contribution in [0.2, 0.25) is 0 Å². The lowest BCUT2D eigenvalue weighted by Gasteiger charge is -2.15. The first-order valence-corrected chi connectivity index (χ1v) is 4.81. The number of carboxylic acid groups (broad SMARTS) is 1. The molecule has 0 bridgehead atoms. The van der Waals surface area contributed by atoms with Gasteiger partial charge in [-0.25, -0.2) is 13.8 Å². The Morgan fingerprint density at radius 2 is 2.05 bits per heavy atom. The van der Waals surface area contributed by atoms with Gasteiger partial charge in [0, 0.05) is 6.07 Å². The van der Waals surface area contributed by atoms with E-state index in [0.29, 0.717) is 6.07 Å². The van der Waals surface area contributed by atoms with E-state index in [9.17, 15) is 26.7 Å². The van der Waals surface area contributed by atoms with Crippen LogP contribution >= 0.6 is 0 Å². The summed E-state index contributed by atoms with van der Waals surface area (Å²) in [5.74, 6) is -2.32. The predicted octanol–water partition coefficient (Wildman–Crippen LogP) is 2.67. The van der Waals surface area contributed by atoms with Gasteiger partial charge >= 0.3 is 12.1 Å². The van der Waals surface area contributed by atoms with Crippen molar-refractivity contribution < 1.29 is 36.6 Å². The van der Waals surface area contributed by atoms with Crippen molar-refractivity contribution >= 4 is 5.97 Å². The molecule has 1 rings (SSSR count). The van der Waals surface area contributed by atoms with Crippen LogP contribution < -0.4 is 4.74 Å². The molecule has 0 aliphatic heterocycles. The minimum Gasteiger partial charge on any atom is -0.496 e. The maximum Gasteiger partial charge on any atom is 0.433 e. The molecule has 1 aromatic heterocycles. The minimum absolute atomic E-state index is 0.312. The third-order valence-electron chi connectivity index (χ3n) is 2.15. The molecule has 106 valence electrons. The number of carboxylic acids is 1. The van der Waals surface area contributed by atoms with E-state index in [1.807, 2.05) is 0 Å². The maximum atomic E-state index is 12.8. The fraction of sp³-hybridized carbons (Fsp3) is 0.400. The number of hydrogen-bond acceptors (Lipinski definition) is 3. The average molecular weight is 285 g/mol. The van der Waals surface area contributed by atoms with Crippen molar-refractivity contribution in [2.24, 2.45) is 0 Å². The molecule has 0 unspecified atom stereocenters. The number of ether oxygens (including phenoxy) is 1. The molecule has 0 aliphatic carbocycles. The van der Waals surface area contributed by atoms with Gasteiger partial charge < -0.3 is 9.84 Å². The summed E-state index contributed by atoms with van der Waals surface area (Å²) in [5, 5.41) is 8.52. The van der Waals surface area contributed by atoms with Crippen LogP contribution in [0.25, 0.3) is 0 Å². The third-order valence-corrected chi connectivity index (χ3v) is 2.15. The van der Waals surface area contributed by atoms with E-state index >= 15 is 0 Å². The summed E-state index contributed by atoms with van der Waals surface area (Å²) in [6.45, 7) is 0. The first-order valence-electron chi connectivity index (χ1n) is 4.81. The number of halogens is 5. The lowest BCUT2D eigenvalue weighted by Crippen LogP contribution is -2.15. The second-order valence-corrected chi connectivity index (χ2v) is 3.44. The quantitative estimate of drug-likeness (QED) is 0.864. The summed E-state index contributed by atoms with van der Waals surface area (Å²) in [7, 11) is 0.909. The highest BCUT2D eigenvalue weighted by molar-refractivity contribution is 5.70. The van der Waals surface area contributed by atoms with Gasteiger partial charge in [-0.05, 0) is 0 Å². The van der Waals surface area contributed by atoms with Gasteiger partial charge in [-0.1, -0.05) is 0 Å². The fourth-order valence-corrected chi connectivity index (χ4v) is 1.41. The molecule has 0 radical (unpaired) electrons. The van der Waals surface area contributed by atoms with E-state index < -0.39 is 47.7 Å². The molecule has 0 aliphatic rings. The molecule has 1 aromatic rings. The van der Waals surface area contributed by atoms with E-state index in [-0.39, 0.29) is 0 Å². The average Bonchev–Trinajstić information content (AvgIpc) is 2.25. The van der Waals surface area contributed by atoms with Gasteiger partial charge in [0.2, 0.25) is 0 Å². The SMILES string of the molecule is COc1cc(C(F)(F)F)nc(CC(=O)O)c1C(F)F. The molecule has 0 saturated carbocycles. The molecular weight excluding hydrogens is 277 g/mol. The normalized spacial score (nSPS) is 11.7. The van der Waals surface area contributed by atoms with E-state index in [2.05, 4.69) is 9.72 Å². The van der Waals surface area contributed by atoms with Crippen LogP contribution in [0.5, 0.6) is 5.75 Å². The fourth-order valence-electron chi connectivity index (χ4n) is 1.41. The van der Waals surface area contributed by atoms with E-state index in [0.717, 1.165) is 7.11 Å². The summed E-state index contributed by atoms with van der Waals surface area (Å²) in [6, 6.07) is 0.312. The molecule has 9 heteroatoms. The number of rotatable bonds is 4. The summed E-state index contributed by atoms with van der Waals surface area (Å²) in [4.78, 5) is 13.4. The topological polar surface area (TPSA) is 59.4 Å². The van der Waals surface area contributed by atoms with Gasteiger partial charge in [0.05, 0.1) is 24.8 Å². The molecule has 4 nitrogen and oxygen atoms in total. The lowest BCUT2D eigenvalue weighted by atomic mass is 10.1. The molecule has 0 aromatic carbocycles. The van der Waals surface area contributed by atoms with Gasteiger partial charge in [0.25, 0.3) is 6.43 Å². The standard InChI is InChI=1S/C10H8F5NO3/c1-19-5-3-6(10(13,14)15)16-4(2-7(17)18)8(5)9(11)12/h3,9H,2H2,1H3,(H,17,18). The van der Waals surface area contributed by atoms with E-state index in [1.54, 1.807) is 0 Å². The second-order valence-electron chi connectivity index (χ2n) is 3.44. The number of nitrogens with zero attached hydrogens (tertiary/aromatic N) is 1. The summed E-state index contributed by atoms with van der Waals surface area (Å²) in [6.07, 6.45) is -9.14. The molecule has 0 spiro atoms. The van der Waals surface area contributed by atoms with E-state index in [4.69, 9.17) is 5.11 Å². The molecule has 1 N–H and O–H groups in total. The summed E-state index contributed by atoms with van der Waals surface area (Å²) >= 11 is 0. The first-order chi connectivity index (χ1) is 8.66. The Balaban J connectivity index is 3.49. The smallest absolute Gasteiger partial charge is 0.433 e. The zero-order valence-electron chi connectivity index (χ0n) is 9.46. The number of aromatic nitrogens is 1. The second kappa shape index (κ2) is 5.37. The number of alkyl halides is 5. The number of pyridine rings is 1. The van der Waals surface area contributed by atoms with Crippen molar-refractivity contribution in [3.8, 4) is 5.75 Å². The van der Waals surface area contributed by atoms with Crippen LogP contribution in [0.15, 0.2) is 6.07 Å². The Bertz CT molecular complexity index is 487. The maximum absolute atomic E-state index is 12.8. The molecular formula is C10H8F5NO3. The van der Waals surface area contributed by atoms with Crippen molar-refractivity contribution in [2.45, 2.75) is 19.0 Å². The van der Waals surface area contributed by atoms with Crippen molar-refractivity contribution in [3.05, 3.63) is 23.0 Å². The van der Waals surface area contributed by atoms with Gasteiger partial charge in [-0.2, -0.15) is 13.2 Å². The minimum atomic E-state index is -4.89. The Morgan fingerprint density at radius 1 is 1.47 bits per heavy atom. The number of hydrogen-bond donors (Lipinski definition) is 1. The highest BCUT2D eigenvalue weighted by atomic mass is 19.4. The number of carbonyl (C=O) groups is 1. The Hall–Kier alpha value is -1.93. The largest absolute Gasteiger partial charge is 0.496 e.